The molecule has 3 atom stereocenters. The van der Waals surface area contributed by atoms with Crippen LogP contribution in [0.15, 0.2) is 36.5 Å². The van der Waals surface area contributed by atoms with E-state index in [0.717, 1.165) is 46.9 Å². The van der Waals surface area contributed by atoms with Crippen LogP contribution in [-0.4, -0.2) is 50.7 Å². The molecule has 4 bridgehead atoms. The highest BCUT2D eigenvalue weighted by molar-refractivity contribution is 6.30. The summed E-state index contributed by atoms with van der Waals surface area (Å²) in [5.41, 5.74) is 5.11. The first-order chi connectivity index (χ1) is 13.6. The molecule has 3 aromatic rings. The van der Waals surface area contributed by atoms with Gasteiger partial charge in [0.15, 0.2) is 0 Å². The number of halogens is 1. The number of rotatable bonds is 1. The standard InChI is InChI=1S/C21H23ClN6/c1-12-17-11-14(8-10-28(17)2)20-18(16-7-9-23-21(24-12)25-16)19(26-27-20)13-3-5-15(22)6-4-13/h3-7,9,12,14,17H,8,10-11H2,1-2H3,(H,26,27)(H,23,24,25). The molecule has 2 aromatic heterocycles. The van der Waals surface area contributed by atoms with Crippen molar-refractivity contribution in [3.63, 3.8) is 0 Å². The van der Waals surface area contributed by atoms with Crippen molar-refractivity contribution in [3.8, 4) is 22.5 Å². The van der Waals surface area contributed by atoms with Crippen LogP contribution in [0.2, 0.25) is 5.02 Å². The molecule has 1 saturated heterocycles. The van der Waals surface area contributed by atoms with Crippen molar-refractivity contribution in [3.05, 3.63) is 47.2 Å². The van der Waals surface area contributed by atoms with Crippen LogP contribution >= 0.6 is 11.6 Å². The number of nitrogens with zero attached hydrogens (tertiary/aromatic N) is 4. The minimum absolute atomic E-state index is 0.267. The molecular weight excluding hydrogens is 372 g/mol. The summed E-state index contributed by atoms with van der Waals surface area (Å²) in [6.45, 7) is 3.28. The van der Waals surface area contributed by atoms with E-state index in [4.69, 9.17) is 21.7 Å². The van der Waals surface area contributed by atoms with Crippen molar-refractivity contribution in [2.75, 3.05) is 18.9 Å². The average Bonchev–Trinajstić information content (AvgIpc) is 3.13. The number of likely N-dealkylation sites (tertiary alicyclic amines) is 1. The summed E-state index contributed by atoms with van der Waals surface area (Å²) in [4.78, 5) is 11.7. The molecule has 0 aliphatic carbocycles. The van der Waals surface area contributed by atoms with Gasteiger partial charge >= 0.3 is 0 Å². The lowest BCUT2D eigenvalue weighted by Crippen LogP contribution is -2.48. The lowest BCUT2D eigenvalue weighted by Gasteiger charge is -2.41. The second-order valence-corrected chi connectivity index (χ2v) is 8.27. The zero-order chi connectivity index (χ0) is 19.3. The molecule has 5 rings (SSSR count). The number of hydrogen-bond acceptors (Lipinski definition) is 5. The second kappa shape index (κ2) is 6.87. The van der Waals surface area contributed by atoms with E-state index in [1.165, 1.54) is 5.69 Å². The van der Waals surface area contributed by atoms with Gasteiger partial charge in [0.2, 0.25) is 5.95 Å². The Labute approximate surface area is 169 Å². The predicted octanol–water partition coefficient (Wildman–Crippen LogP) is 4.18. The zero-order valence-corrected chi connectivity index (χ0v) is 16.7. The first kappa shape index (κ1) is 17.6. The lowest BCUT2D eigenvalue weighted by atomic mass is 9.83. The molecule has 7 heteroatoms. The molecule has 2 N–H and O–H groups in total. The Hall–Kier alpha value is -2.44. The van der Waals surface area contributed by atoms with Crippen LogP contribution in [0.3, 0.4) is 0 Å². The lowest BCUT2D eigenvalue weighted by molar-refractivity contribution is 0.154. The first-order valence-electron chi connectivity index (χ1n) is 9.74. The maximum atomic E-state index is 6.09. The normalized spacial score (nSPS) is 24.3. The van der Waals surface area contributed by atoms with Crippen LogP contribution in [0.5, 0.6) is 0 Å². The van der Waals surface area contributed by atoms with Crippen molar-refractivity contribution in [1.82, 2.24) is 25.1 Å². The molecule has 28 heavy (non-hydrogen) atoms. The van der Waals surface area contributed by atoms with Crippen molar-refractivity contribution >= 4 is 17.5 Å². The second-order valence-electron chi connectivity index (χ2n) is 7.84. The quantitative estimate of drug-likeness (QED) is 0.648. The van der Waals surface area contributed by atoms with Gasteiger partial charge in [-0.1, -0.05) is 23.7 Å². The molecule has 0 spiro atoms. The number of aromatic amines is 1. The average molecular weight is 395 g/mol. The predicted molar refractivity (Wildman–Crippen MR) is 112 cm³/mol. The molecule has 144 valence electrons. The third-order valence-electron chi connectivity index (χ3n) is 6.09. The van der Waals surface area contributed by atoms with E-state index >= 15 is 0 Å². The monoisotopic (exact) mass is 394 g/mol. The van der Waals surface area contributed by atoms with Crippen LogP contribution in [0.25, 0.3) is 22.5 Å². The minimum atomic E-state index is 0.267. The maximum absolute atomic E-state index is 6.09. The van der Waals surface area contributed by atoms with E-state index < -0.39 is 0 Å². The van der Waals surface area contributed by atoms with E-state index in [2.05, 4.69) is 34.3 Å². The largest absolute Gasteiger partial charge is 0.350 e. The van der Waals surface area contributed by atoms with E-state index in [1.807, 2.05) is 36.5 Å². The number of piperidine rings is 1. The summed E-state index contributed by atoms with van der Waals surface area (Å²) >= 11 is 6.09. The smallest absolute Gasteiger partial charge is 0.223 e. The highest BCUT2D eigenvalue weighted by Gasteiger charge is 2.35. The highest BCUT2D eigenvalue weighted by Crippen LogP contribution is 2.41. The van der Waals surface area contributed by atoms with Crippen molar-refractivity contribution in [2.24, 2.45) is 0 Å². The number of benzene rings is 1. The van der Waals surface area contributed by atoms with Crippen LogP contribution < -0.4 is 5.32 Å². The topological polar surface area (TPSA) is 69.7 Å². The number of anilines is 1. The molecular formula is C21H23ClN6. The Morgan fingerprint density at radius 3 is 2.82 bits per heavy atom. The first-order valence-corrected chi connectivity index (χ1v) is 10.1. The van der Waals surface area contributed by atoms with Gasteiger partial charge in [-0.25, -0.2) is 9.97 Å². The number of hydrogen-bond donors (Lipinski definition) is 2. The Morgan fingerprint density at radius 2 is 2.00 bits per heavy atom. The van der Waals surface area contributed by atoms with Crippen LogP contribution in [0.1, 0.15) is 31.4 Å². The van der Waals surface area contributed by atoms with Gasteiger partial charge in [0, 0.05) is 46.0 Å². The Kier molecular flexibility index (Phi) is 4.33. The highest BCUT2D eigenvalue weighted by atomic mass is 35.5. The fraction of sp³-hybridized carbons (Fsp3) is 0.381. The fourth-order valence-corrected chi connectivity index (χ4v) is 4.68. The number of aromatic nitrogens is 4. The summed E-state index contributed by atoms with van der Waals surface area (Å²) in [5, 5.41) is 12.3. The van der Waals surface area contributed by atoms with Crippen molar-refractivity contribution in [1.29, 1.82) is 0 Å². The molecule has 2 aliphatic rings. The molecule has 4 heterocycles. The van der Waals surface area contributed by atoms with Gasteiger partial charge in [-0.2, -0.15) is 5.10 Å². The van der Waals surface area contributed by atoms with Gasteiger partial charge in [-0.15, -0.1) is 0 Å². The summed E-state index contributed by atoms with van der Waals surface area (Å²) in [7, 11) is 2.20. The molecule has 2 aliphatic heterocycles. The molecule has 0 radical (unpaired) electrons. The van der Waals surface area contributed by atoms with Crippen molar-refractivity contribution in [2.45, 2.75) is 37.8 Å². The zero-order valence-electron chi connectivity index (χ0n) is 16.0. The van der Waals surface area contributed by atoms with Gasteiger partial charge in [0.1, 0.15) is 5.69 Å². The fourth-order valence-electron chi connectivity index (χ4n) is 4.56. The molecule has 1 fully saturated rings. The van der Waals surface area contributed by atoms with E-state index in [0.29, 0.717) is 17.9 Å². The van der Waals surface area contributed by atoms with Gasteiger partial charge < -0.3 is 10.2 Å². The summed E-state index contributed by atoms with van der Waals surface area (Å²) in [6, 6.07) is 10.5. The number of H-pyrrole nitrogens is 1. The third kappa shape index (κ3) is 2.97. The Balaban J connectivity index is 1.71. The molecule has 6 nitrogen and oxygen atoms in total. The van der Waals surface area contributed by atoms with Gasteiger partial charge in [-0.3, -0.25) is 5.10 Å². The summed E-state index contributed by atoms with van der Waals surface area (Å²) < 4.78 is 0. The van der Waals surface area contributed by atoms with Crippen LogP contribution in [0, 0.1) is 0 Å². The number of likely N-dealkylation sites (N-methyl/N-ethyl adjacent to an activating group) is 1. The summed E-state index contributed by atoms with van der Waals surface area (Å²) in [6.07, 6.45) is 4.00. The van der Waals surface area contributed by atoms with Crippen LogP contribution in [-0.2, 0) is 0 Å². The Bertz CT molecular complexity index is 998. The summed E-state index contributed by atoms with van der Waals surface area (Å²) in [5.74, 6) is 1.09. The molecule has 1 aromatic carbocycles. The van der Waals surface area contributed by atoms with Crippen molar-refractivity contribution < 1.29 is 0 Å². The van der Waals surface area contributed by atoms with Gasteiger partial charge in [-0.05, 0) is 51.6 Å². The minimum Gasteiger partial charge on any atom is -0.350 e. The molecule has 0 amide bonds. The third-order valence-corrected chi connectivity index (χ3v) is 6.34. The SMILES string of the molecule is CC1Nc2nccc(n2)-c2c(-c3ccc(Cl)cc3)n[nH]c2C2CCN(C)C1C2. The number of fused-ring (bicyclic) bond motifs is 7. The van der Waals surface area contributed by atoms with Gasteiger partial charge in [0.25, 0.3) is 0 Å². The van der Waals surface area contributed by atoms with E-state index in [1.54, 1.807) is 0 Å². The van der Waals surface area contributed by atoms with E-state index in [-0.39, 0.29) is 6.04 Å². The van der Waals surface area contributed by atoms with Gasteiger partial charge in [0.05, 0.1) is 5.69 Å². The number of nitrogens with one attached hydrogen (secondary N) is 2. The van der Waals surface area contributed by atoms with E-state index in [9.17, 15) is 0 Å². The molecule has 3 unspecified atom stereocenters. The molecule has 0 saturated carbocycles. The van der Waals surface area contributed by atoms with Crippen LogP contribution in [0.4, 0.5) is 5.95 Å². The maximum Gasteiger partial charge on any atom is 0.223 e. The Morgan fingerprint density at radius 1 is 1.18 bits per heavy atom.